The number of aromatic nitrogens is 5. The van der Waals surface area contributed by atoms with Gasteiger partial charge >= 0.3 is 0 Å². The van der Waals surface area contributed by atoms with E-state index in [1.54, 1.807) is 16.9 Å². The Morgan fingerprint density at radius 1 is 1.15 bits per heavy atom. The molecule has 0 saturated carbocycles. The summed E-state index contributed by atoms with van der Waals surface area (Å²) in [6, 6.07) is 8.23. The normalized spacial score (nSPS) is 10.9. The van der Waals surface area contributed by atoms with Crippen molar-refractivity contribution in [2.75, 3.05) is 11.9 Å². The second-order valence-electron chi connectivity index (χ2n) is 4.59. The fourth-order valence-electron chi connectivity index (χ4n) is 2.06. The van der Waals surface area contributed by atoms with Crippen molar-refractivity contribution in [2.24, 2.45) is 5.73 Å². The Morgan fingerprint density at radius 3 is 2.65 bits per heavy atom. The highest BCUT2D eigenvalue weighted by atomic mass is 15.5. The van der Waals surface area contributed by atoms with Crippen LogP contribution in [0.5, 0.6) is 0 Å². The lowest BCUT2D eigenvalue weighted by molar-refractivity contribution is 0.782. The van der Waals surface area contributed by atoms with Gasteiger partial charge in [-0.05, 0) is 21.6 Å². The summed E-state index contributed by atoms with van der Waals surface area (Å²) >= 11 is 0. The zero-order valence-electron chi connectivity index (χ0n) is 11.1. The molecule has 0 unspecified atom stereocenters. The summed E-state index contributed by atoms with van der Waals surface area (Å²) in [6.07, 6.45) is 3.38. The molecule has 2 N–H and O–H groups in total. The molecule has 20 heavy (non-hydrogen) atoms. The van der Waals surface area contributed by atoms with Gasteiger partial charge in [-0.1, -0.05) is 24.3 Å². The van der Waals surface area contributed by atoms with E-state index in [0.29, 0.717) is 12.2 Å². The van der Waals surface area contributed by atoms with E-state index in [4.69, 9.17) is 5.73 Å². The highest BCUT2D eigenvalue weighted by Gasteiger charge is 2.09. The third-order valence-corrected chi connectivity index (χ3v) is 3.16. The minimum Gasteiger partial charge on any atom is -0.354 e. The fraction of sp³-hybridized carbons (Fsp3) is 0.231. The van der Waals surface area contributed by atoms with Crippen LogP contribution < -0.4 is 10.6 Å². The van der Waals surface area contributed by atoms with Crippen LogP contribution in [0.3, 0.4) is 0 Å². The smallest absolute Gasteiger partial charge is 0.199 e. The Bertz CT molecular complexity index is 704. The topological polar surface area (TPSA) is 85.2 Å². The Hall–Kier alpha value is -2.54. The summed E-state index contributed by atoms with van der Waals surface area (Å²) in [4.78, 5) is 6.20. The highest BCUT2D eigenvalue weighted by molar-refractivity contribution is 5.45. The van der Waals surface area contributed by atoms with Gasteiger partial charge < -0.3 is 10.6 Å². The second kappa shape index (κ2) is 5.22. The maximum absolute atomic E-state index is 5.60. The van der Waals surface area contributed by atoms with E-state index in [0.717, 1.165) is 17.9 Å². The predicted molar refractivity (Wildman–Crippen MR) is 75.0 cm³/mol. The van der Waals surface area contributed by atoms with Crippen molar-refractivity contribution >= 4 is 11.5 Å². The van der Waals surface area contributed by atoms with Crippen molar-refractivity contribution in [1.29, 1.82) is 0 Å². The average molecular weight is 269 g/mol. The molecule has 0 amide bonds. The lowest BCUT2D eigenvalue weighted by atomic mass is 10.1. The molecule has 7 heteroatoms. The molecule has 0 aliphatic rings. The zero-order valence-corrected chi connectivity index (χ0v) is 11.1. The molecule has 3 rings (SSSR count). The van der Waals surface area contributed by atoms with Crippen LogP contribution in [0, 0.1) is 0 Å². The van der Waals surface area contributed by atoms with Gasteiger partial charge in [0.2, 0.25) is 0 Å². The molecule has 102 valence electrons. The first-order valence-corrected chi connectivity index (χ1v) is 6.29. The quantitative estimate of drug-likeness (QED) is 0.747. The number of nitrogens with zero attached hydrogens (tertiary/aromatic N) is 6. The van der Waals surface area contributed by atoms with E-state index in [2.05, 4.69) is 32.6 Å². The van der Waals surface area contributed by atoms with Crippen LogP contribution in [0.25, 0.3) is 5.65 Å². The summed E-state index contributed by atoms with van der Waals surface area (Å²) in [5.74, 6) is 0.843. The third-order valence-electron chi connectivity index (χ3n) is 3.16. The highest BCUT2D eigenvalue weighted by Crippen LogP contribution is 2.14. The van der Waals surface area contributed by atoms with E-state index < -0.39 is 0 Å². The number of anilines is 1. The van der Waals surface area contributed by atoms with E-state index in [1.165, 1.54) is 5.56 Å². The Morgan fingerprint density at radius 2 is 1.90 bits per heavy atom. The molecule has 3 aromatic rings. The van der Waals surface area contributed by atoms with Crippen molar-refractivity contribution in [3.63, 3.8) is 0 Å². The van der Waals surface area contributed by atoms with Gasteiger partial charge in [0, 0.05) is 20.1 Å². The fourth-order valence-corrected chi connectivity index (χ4v) is 2.06. The molecule has 1 aromatic carbocycles. The van der Waals surface area contributed by atoms with Gasteiger partial charge in [0.1, 0.15) is 0 Å². The maximum atomic E-state index is 5.60. The molecular weight excluding hydrogens is 254 g/mol. The molecule has 0 bridgehead atoms. The number of hydrogen-bond acceptors (Lipinski definition) is 6. The standard InChI is InChI=1S/C13H15N7/c1-19(9-11-4-2-10(6-14)3-5-11)13-8-15-7-12-16-17-18-20(12)13/h2-5,7-8H,6,9,14H2,1H3. The molecule has 0 saturated heterocycles. The molecule has 7 nitrogen and oxygen atoms in total. The van der Waals surface area contributed by atoms with Crippen LogP contribution in [-0.2, 0) is 13.1 Å². The van der Waals surface area contributed by atoms with Crippen molar-refractivity contribution < 1.29 is 0 Å². The van der Waals surface area contributed by atoms with E-state index in [-0.39, 0.29) is 0 Å². The molecule has 0 atom stereocenters. The van der Waals surface area contributed by atoms with E-state index >= 15 is 0 Å². The van der Waals surface area contributed by atoms with Crippen molar-refractivity contribution in [1.82, 2.24) is 25.0 Å². The Balaban J connectivity index is 1.84. The molecular formula is C13H15N7. The average Bonchev–Trinajstić information content (AvgIpc) is 2.96. The first kappa shape index (κ1) is 12.5. The van der Waals surface area contributed by atoms with Crippen LogP contribution >= 0.6 is 0 Å². The van der Waals surface area contributed by atoms with Crippen LogP contribution in [0.2, 0.25) is 0 Å². The molecule has 2 aromatic heterocycles. The van der Waals surface area contributed by atoms with Gasteiger partial charge in [0.05, 0.1) is 12.4 Å². The van der Waals surface area contributed by atoms with Crippen molar-refractivity contribution in [3.05, 3.63) is 47.8 Å². The lowest BCUT2D eigenvalue weighted by Gasteiger charge is -2.19. The lowest BCUT2D eigenvalue weighted by Crippen LogP contribution is -2.20. The summed E-state index contributed by atoms with van der Waals surface area (Å²) in [6.45, 7) is 1.30. The van der Waals surface area contributed by atoms with Gasteiger partial charge in [-0.25, -0.2) is 0 Å². The van der Waals surface area contributed by atoms with Gasteiger partial charge in [-0.3, -0.25) is 4.98 Å². The molecule has 0 aliphatic heterocycles. The first-order valence-electron chi connectivity index (χ1n) is 6.29. The van der Waals surface area contributed by atoms with Crippen LogP contribution in [0.1, 0.15) is 11.1 Å². The summed E-state index contributed by atoms with van der Waals surface area (Å²) in [5.41, 5.74) is 8.55. The predicted octanol–water partition coefficient (Wildman–Crippen LogP) is 0.614. The number of fused-ring (bicyclic) bond motifs is 1. The Labute approximate surface area is 116 Å². The summed E-state index contributed by atoms with van der Waals surface area (Å²) in [7, 11) is 1.98. The van der Waals surface area contributed by atoms with Crippen LogP contribution in [-0.4, -0.2) is 32.1 Å². The SMILES string of the molecule is CN(Cc1ccc(CN)cc1)c1cncc2nnnn12. The second-order valence-corrected chi connectivity index (χ2v) is 4.59. The summed E-state index contributed by atoms with van der Waals surface area (Å²) in [5, 5.41) is 11.5. The van der Waals surface area contributed by atoms with Crippen LogP contribution in [0.15, 0.2) is 36.7 Å². The van der Waals surface area contributed by atoms with E-state index in [1.807, 2.05) is 24.1 Å². The van der Waals surface area contributed by atoms with Crippen molar-refractivity contribution in [3.8, 4) is 0 Å². The minimum atomic E-state index is 0.559. The van der Waals surface area contributed by atoms with Gasteiger partial charge in [-0.15, -0.1) is 5.10 Å². The number of nitrogens with two attached hydrogens (primary N) is 1. The van der Waals surface area contributed by atoms with Gasteiger partial charge in [-0.2, -0.15) is 4.52 Å². The molecule has 0 spiro atoms. The number of rotatable bonds is 4. The molecule has 0 radical (unpaired) electrons. The number of tetrazole rings is 1. The molecule has 0 fully saturated rings. The third kappa shape index (κ3) is 2.30. The molecule has 2 heterocycles. The Kier molecular flexibility index (Phi) is 3.26. The van der Waals surface area contributed by atoms with E-state index in [9.17, 15) is 0 Å². The minimum absolute atomic E-state index is 0.559. The first-order chi connectivity index (χ1) is 9.78. The maximum Gasteiger partial charge on any atom is 0.199 e. The van der Waals surface area contributed by atoms with Gasteiger partial charge in [0.15, 0.2) is 11.5 Å². The zero-order chi connectivity index (χ0) is 13.9. The van der Waals surface area contributed by atoms with Crippen molar-refractivity contribution in [2.45, 2.75) is 13.1 Å². The summed E-state index contributed by atoms with van der Waals surface area (Å²) < 4.78 is 1.67. The monoisotopic (exact) mass is 269 g/mol. The number of benzene rings is 1. The largest absolute Gasteiger partial charge is 0.354 e. The molecule has 0 aliphatic carbocycles. The van der Waals surface area contributed by atoms with Crippen LogP contribution in [0.4, 0.5) is 5.82 Å². The van der Waals surface area contributed by atoms with Gasteiger partial charge in [0.25, 0.3) is 0 Å². The number of hydrogen-bond donors (Lipinski definition) is 1.